The third-order valence-electron chi connectivity index (χ3n) is 6.42. The van der Waals surface area contributed by atoms with Gasteiger partial charge >= 0.3 is 0 Å². The number of piperidine rings is 1. The molecule has 0 bridgehead atoms. The lowest BCUT2D eigenvalue weighted by molar-refractivity contribution is 0.0900. The Morgan fingerprint density at radius 1 is 1.21 bits per heavy atom. The average molecular weight is 446 g/mol. The summed E-state index contributed by atoms with van der Waals surface area (Å²) in [6, 6.07) is 16.7. The van der Waals surface area contributed by atoms with E-state index in [9.17, 15) is 9.18 Å². The normalized spacial score (nSPS) is 20.2. The van der Waals surface area contributed by atoms with Crippen molar-refractivity contribution >= 4 is 11.6 Å². The Hall–Kier alpha value is -3.29. The van der Waals surface area contributed by atoms with Crippen molar-refractivity contribution in [1.82, 2.24) is 20.6 Å². The number of carbonyl (C=O) groups is 1. The summed E-state index contributed by atoms with van der Waals surface area (Å²) in [5.74, 6) is -0.255. The number of amides is 1. The number of pyridine rings is 1. The molecule has 2 aromatic carbocycles. The number of halogens is 1. The number of hydrogen-bond acceptors (Lipinski definition) is 5. The van der Waals surface area contributed by atoms with Crippen molar-refractivity contribution < 1.29 is 9.18 Å². The fourth-order valence-electron chi connectivity index (χ4n) is 4.75. The maximum atomic E-state index is 14.0. The van der Waals surface area contributed by atoms with Crippen molar-refractivity contribution in [2.75, 3.05) is 18.5 Å². The highest BCUT2D eigenvalue weighted by atomic mass is 19.1. The summed E-state index contributed by atoms with van der Waals surface area (Å²) in [6.45, 7) is 4.15. The standard InChI is InChI=1S/C26H28FN5O/c1-17-13-18(10-11-28-17)25-22-14-19(8-9-24(22)30-31-25)26(33)29-21-6-4-12-32(16-21)15-20-5-2-3-7-23(20)27/h2-3,5,7-11,13-14,21,25,30-31H,4,6,12,15-16H2,1H3,(H,29,33). The Kier molecular flexibility index (Phi) is 6.07. The van der Waals surface area contributed by atoms with Crippen LogP contribution in [-0.2, 0) is 6.54 Å². The topological polar surface area (TPSA) is 69.3 Å². The number of hydrazine groups is 1. The second kappa shape index (κ2) is 9.29. The molecule has 3 heterocycles. The zero-order valence-electron chi connectivity index (χ0n) is 18.6. The van der Waals surface area contributed by atoms with Crippen molar-refractivity contribution in [3.05, 3.63) is 94.6 Å². The number of anilines is 1. The molecule has 2 unspecified atom stereocenters. The van der Waals surface area contributed by atoms with Gasteiger partial charge in [0.25, 0.3) is 5.91 Å². The number of hydrogen-bond donors (Lipinski definition) is 3. The number of aromatic nitrogens is 1. The number of benzene rings is 2. The van der Waals surface area contributed by atoms with Crippen molar-refractivity contribution in [3.8, 4) is 0 Å². The van der Waals surface area contributed by atoms with Gasteiger partial charge in [0, 0.05) is 47.7 Å². The van der Waals surface area contributed by atoms with Gasteiger partial charge < -0.3 is 10.7 Å². The highest BCUT2D eigenvalue weighted by molar-refractivity contribution is 5.95. The summed E-state index contributed by atoms with van der Waals surface area (Å²) >= 11 is 0. The van der Waals surface area contributed by atoms with Gasteiger partial charge in [-0.3, -0.25) is 14.7 Å². The number of carbonyl (C=O) groups excluding carboxylic acids is 1. The first kappa shape index (κ1) is 21.6. The summed E-state index contributed by atoms with van der Waals surface area (Å²) in [7, 11) is 0. The number of rotatable bonds is 5. The van der Waals surface area contributed by atoms with Gasteiger partial charge in [0.15, 0.2) is 0 Å². The molecule has 7 heteroatoms. The minimum absolute atomic E-state index is 0.0413. The Bertz CT molecular complexity index is 1170. The zero-order chi connectivity index (χ0) is 22.8. The molecule has 1 saturated heterocycles. The molecule has 3 N–H and O–H groups in total. The maximum absolute atomic E-state index is 14.0. The first-order valence-electron chi connectivity index (χ1n) is 11.4. The Labute approximate surface area is 193 Å². The molecule has 33 heavy (non-hydrogen) atoms. The smallest absolute Gasteiger partial charge is 0.251 e. The largest absolute Gasteiger partial charge is 0.348 e. The molecule has 170 valence electrons. The van der Waals surface area contributed by atoms with E-state index in [1.807, 2.05) is 49.4 Å². The van der Waals surface area contributed by atoms with Gasteiger partial charge in [-0.1, -0.05) is 18.2 Å². The third-order valence-corrected chi connectivity index (χ3v) is 6.42. The van der Waals surface area contributed by atoms with Crippen LogP contribution in [0.5, 0.6) is 0 Å². The molecule has 1 fully saturated rings. The number of nitrogens with zero attached hydrogens (tertiary/aromatic N) is 2. The van der Waals surface area contributed by atoms with Crippen LogP contribution in [0.2, 0.25) is 0 Å². The minimum Gasteiger partial charge on any atom is -0.348 e. The van der Waals surface area contributed by atoms with Crippen LogP contribution in [0.4, 0.5) is 10.1 Å². The SMILES string of the molecule is Cc1cc(C2NNc3ccc(C(=O)NC4CCCN(Cc5ccccc5F)C4)cc32)ccn1. The van der Waals surface area contributed by atoms with E-state index in [1.165, 1.54) is 6.07 Å². The molecule has 0 aliphatic carbocycles. The lowest BCUT2D eigenvalue weighted by atomic mass is 9.97. The lowest BCUT2D eigenvalue weighted by Crippen LogP contribution is -2.47. The van der Waals surface area contributed by atoms with E-state index < -0.39 is 0 Å². The number of likely N-dealkylation sites (tertiary alicyclic amines) is 1. The lowest BCUT2D eigenvalue weighted by Gasteiger charge is -2.33. The zero-order valence-corrected chi connectivity index (χ0v) is 18.6. The number of fused-ring (bicyclic) bond motifs is 1. The summed E-state index contributed by atoms with van der Waals surface area (Å²) in [5, 5.41) is 3.20. The number of aryl methyl sites for hydroxylation is 1. The van der Waals surface area contributed by atoms with Crippen LogP contribution in [0.25, 0.3) is 0 Å². The van der Waals surface area contributed by atoms with Crippen molar-refractivity contribution in [2.45, 2.75) is 38.4 Å². The van der Waals surface area contributed by atoms with Crippen LogP contribution >= 0.6 is 0 Å². The molecule has 0 saturated carbocycles. The fourth-order valence-corrected chi connectivity index (χ4v) is 4.75. The molecular weight excluding hydrogens is 417 g/mol. The van der Waals surface area contributed by atoms with Crippen LogP contribution in [0, 0.1) is 12.7 Å². The third kappa shape index (κ3) is 4.74. The van der Waals surface area contributed by atoms with Crippen LogP contribution in [0.15, 0.2) is 60.8 Å². The second-order valence-corrected chi connectivity index (χ2v) is 8.87. The molecule has 1 amide bonds. The summed E-state index contributed by atoms with van der Waals surface area (Å²) < 4.78 is 14.0. The quantitative estimate of drug-likeness (QED) is 0.555. The van der Waals surface area contributed by atoms with Crippen molar-refractivity contribution in [1.29, 1.82) is 0 Å². The molecule has 5 rings (SSSR count). The van der Waals surface area contributed by atoms with Crippen molar-refractivity contribution in [2.24, 2.45) is 0 Å². The molecule has 0 spiro atoms. The molecule has 2 atom stereocenters. The minimum atomic E-state index is -0.178. The monoisotopic (exact) mass is 445 g/mol. The van der Waals surface area contributed by atoms with E-state index in [0.29, 0.717) is 24.2 Å². The van der Waals surface area contributed by atoms with Gasteiger partial charge in [-0.15, -0.1) is 0 Å². The second-order valence-electron chi connectivity index (χ2n) is 8.87. The van der Waals surface area contributed by atoms with E-state index >= 15 is 0 Å². The van der Waals surface area contributed by atoms with Crippen LogP contribution in [-0.4, -0.2) is 34.9 Å². The molecule has 6 nitrogen and oxygen atoms in total. The van der Waals surface area contributed by atoms with Crippen LogP contribution in [0.1, 0.15) is 51.6 Å². The summed E-state index contributed by atoms with van der Waals surface area (Å²) in [5.41, 5.74) is 11.9. The molecule has 2 aliphatic heterocycles. The van der Waals surface area contributed by atoms with Gasteiger partial charge in [-0.25, -0.2) is 9.82 Å². The van der Waals surface area contributed by atoms with E-state index in [2.05, 4.69) is 26.1 Å². The molecular formula is C26H28FN5O. The van der Waals surface area contributed by atoms with Crippen molar-refractivity contribution in [3.63, 3.8) is 0 Å². The fraction of sp³-hybridized carbons (Fsp3) is 0.308. The van der Waals surface area contributed by atoms with Gasteiger partial charge in [-0.2, -0.15) is 0 Å². The molecule has 3 aromatic rings. The first-order chi connectivity index (χ1) is 16.1. The van der Waals surface area contributed by atoms with Gasteiger partial charge in [0.1, 0.15) is 5.82 Å². The van der Waals surface area contributed by atoms with Gasteiger partial charge in [-0.05, 0) is 68.3 Å². The van der Waals surface area contributed by atoms with Crippen LogP contribution < -0.4 is 16.2 Å². The molecule has 0 radical (unpaired) electrons. The molecule has 2 aliphatic rings. The van der Waals surface area contributed by atoms with E-state index in [1.54, 1.807) is 12.3 Å². The average Bonchev–Trinajstić information content (AvgIpc) is 3.24. The number of nitrogens with one attached hydrogen (secondary N) is 3. The Morgan fingerprint density at radius 2 is 2.09 bits per heavy atom. The van der Waals surface area contributed by atoms with Gasteiger partial charge in [0.2, 0.25) is 0 Å². The summed E-state index contributed by atoms with van der Waals surface area (Å²) in [4.78, 5) is 19.6. The van der Waals surface area contributed by atoms with Gasteiger partial charge in [0.05, 0.1) is 11.7 Å². The Balaban J connectivity index is 1.27. The predicted octanol–water partition coefficient (Wildman–Crippen LogP) is 3.94. The highest BCUT2D eigenvalue weighted by Crippen LogP contribution is 2.33. The van der Waals surface area contributed by atoms with E-state index in [4.69, 9.17) is 0 Å². The Morgan fingerprint density at radius 3 is 2.94 bits per heavy atom. The molecule has 1 aromatic heterocycles. The van der Waals surface area contributed by atoms with Crippen LogP contribution in [0.3, 0.4) is 0 Å². The first-order valence-corrected chi connectivity index (χ1v) is 11.4. The predicted molar refractivity (Wildman–Crippen MR) is 126 cm³/mol. The summed E-state index contributed by atoms with van der Waals surface area (Å²) in [6.07, 6.45) is 3.70. The highest BCUT2D eigenvalue weighted by Gasteiger charge is 2.26. The van der Waals surface area contributed by atoms with E-state index in [-0.39, 0.29) is 23.8 Å². The van der Waals surface area contributed by atoms with E-state index in [0.717, 1.165) is 41.9 Å². The maximum Gasteiger partial charge on any atom is 0.251 e.